The quantitative estimate of drug-likeness (QED) is 0.539. The van der Waals surface area contributed by atoms with Crippen LogP contribution in [0.4, 0.5) is 11.4 Å². The molecule has 3 aromatic rings. The van der Waals surface area contributed by atoms with E-state index in [0.717, 1.165) is 16.6 Å². The van der Waals surface area contributed by atoms with Gasteiger partial charge in [-0.2, -0.15) is 0 Å². The zero-order valence-electron chi connectivity index (χ0n) is 12.4. The lowest BCUT2D eigenvalue weighted by Gasteiger charge is -2.16. The monoisotopic (exact) mass is 307 g/mol. The van der Waals surface area contributed by atoms with Gasteiger partial charge in [-0.3, -0.25) is 14.9 Å². The van der Waals surface area contributed by atoms with Crippen LogP contribution >= 0.6 is 0 Å². The first kappa shape index (κ1) is 13.5. The van der Waals surface area contributed by atoms with Crippen LogP contribution in [0.3, 0.4) is 0 Å². The maximum atomic E-state index is 12.6. The highest BCUT2D eigenvalue weighted by atomic mass is 16.6. The van der Waals surface area contributed by atoms with Gasteiger partial charge in [-0.15, -0.1) is 0 Å². The van der Waals surface area contributed by atoms with Gasteiger partial charge in [-0.05, 0) is 29.7 Å². The highest BCUT2D eigenvalue weighted by Gasteiger charge is 2.33. The number of aryl methyl sites for hydroxylation is 1. The summed E-state index contributed by atoms with van der Waals surface area (Å²) in [7, 11) is 1.94. The molecule has 1 amide bonds. The SMILES string of the molecule is Cn1ccc2ccc(N3Cc4c(cccc4[N+](=O)[O-])C3=O)cc21. The number of anilines is 1. The number of amides is 1. The van der Waals surface area contributed by atoms with E-state index < -0.39 is 4.92 Å². The van der Waals surface area contributed by atoms with E-state index >= 15 is 0 Å². The highest BCUT2D eigenvalue weighted by molar-refractivity contribution is 6.11. The van der Waals surface area contributed by atoms with E-state index in [1.54, 1.807) is 17.0 Å². The van der Waals surface area contributed by atoms with Crippen LogP contribution in [0.5, 0.6) is 0 Å². The Labute approximate surface area is 131 Å². The maximum absolute atomic E-state index is 12.6. The Bertz CT molecular complexity index is 974. The van der Waals surface area contributed by atoms with Crippen LogP contribution in [0.1, 0.15) is 15.9 Å². The topological polar surface area (TPSA) is 68.4 Å². The molecule has 0 bridgehead atoms. The van der Waals surface area contributed by atoms with E-state index in [4.69, 9.17) is 0 Å². The number of nitrogens with zero attached hydrogens (tertiary/aromatic N) is 3. The van der Waals surface area contributed by atoms with Crippen molar-refractivity contribution >= 4 is 28.2 Å². The summed E-state index contributed by atoms with van der Waals surface area (Å²) in [5.74, 6) is -0.197. The zero-order valence-corrected chi connectivity index (χ0v) is 12.4. The Kier molecular flexibility index (Phi) is 2.74. The molecule has 0 unspecified atom stereocenters. The molecule has 1 aliphatic rings. The van der Waals surface area contributed by atoms with Gasteiger partial charge in [0.25, 0.3) is 11.6 Å². The molecule has 0 aliphatic carbocycles. The molecule has 0 radical (unpaired) electrons. The predicted octanol–water partition coefficient (Wildman–Crippen LogP) is 3.25. The third kappa shape index (κ3) is 1.92. The number of hydrogen-bond acceptors (Lipinski definition) is 3. The van der Waals surface area contributed by atoms with Crippen molar-refractivity contribution in [1.29, 1.82) is 0 Å². The molecular weight excluding hydrogens is 294 g/mol. The number of rotatable bonds is 2. The summed E-state index contributed by atoms with van der Waals surface area (Å²) in [6, 6.07) is 12.4. The number of nitro groups is 1. The molecule has 6 nitrogen and oxygen atoms in total. The van der Waals surface area contributed by atoms with E-state index in [2.05, 4.69) is 0 Å². The number of carbonyl (C=O) groups excluding carboxylic acids is 1. The van der Waals surface area contributed by atoms with Gasteiger partial charge in [0.1, 0.15) is 0 Å². The van der Waals surface area contributed by atoms with Gasteiger partial charge >= 0.3 is 0 Å². The second-order valence-electron chi connectivity index (χ2n) is 5.62. The van der Waals surface area contributed by atoms with Crippen molar-refractivity contribution < 1.29 is 9.72 Å². The lowest BCUT2D eigenvalue weighted by Crippen LogP contribution is -2.22. The van der Waals surface area contributed by atoms with Crippen molar-refractivity contribution in [2.24, 2.45) is 7.05 Å². The van der Waals surface area contributed by atoms with Crippen LogP contribution < -0.4 is 4.90 Å². The minimum atomic E-state index is -0.435. The summed E-state index contributed by atoms with van der Waals surface area (Å²) in [6.45, 7) is 0.223. The molecule has 0 atom stereocenters. The molecule has 2 heterocycles. The van der Waals surface area contributed by atoms with Crippen molar-refractivity contribution in [2.75, 3.05) is 4.90 Å². The molecule has 1 aromatic heterocycles. The molecule has 114 valence electrons. The fraction of sp³-hybridized carbons (Fsp3) is 0.118. The highest BCUT2D eigenvalue weighted by Crippen LogP contribution is 2.34. The molecule has 0 spiro atoms. The molecule has 4 rings (SSSR count). The Morgan fingerprint density at radius 3 is 2.78 bits per heavy atom. The van der Waals surface area contributed by atoms with Crippen LogP contribution in [-0.4, -0.2) is 15.4 Å². The van der Waals surface area contributed by atoms with Crippen molar-refractivity contribution in [1.82, 2.24) is 4.57 Å². The van der Waals surface area contributed by atoms with E-state index in [1.165, 1.54) is 6.07 Å². The van der Waals surface area contributed by atoms with Crippen LogP contribution in [0, 0.1) is 10.1 Å². The lowest BCUT2D eigenvalue weighted by molar-refractivity contribution is -0.385. The molecule has 23 heavy (non-hydrogen) atoms. The molecule has 0 saturated heterocycles. The summed E-state index contributed by atoms with van der Waals surface area (Å²) in [4.78, 5) is 24.9. The molecule has 0 saturated carbocycles. The zero-order chi connectivity index (χ0) is 16.1. The number of hydrogen-bond donors (Lipinski definition) is 0. The van der Waals surface area contributed by atoms with Crippen LogP contribution in [0.15, 0.2) is 48.7 Å². The van der Waals surface area contributed by atoms with E-state index in [0.29, 0.717) is 11.1 Å². The van der Waals surface area contributed by atoms with Gasteiger partial charge in [0, 0.05) is 30.5 Å². The van der Waals surface area contributed by atoms with Crippen molar-refractivity contribution in [3.05, 3.63) is 69.9 Å². The maximum Gasteiger partial charge on any atom is 0.275 e. The number of benzene rings is 2. The lowest BCUT2D eigenvalue weighted by atomic mass is 10.1. The predicted molar refractivity (Wildman–Crippen MR) is 86.5 cm³/mol. The first-order valence-electron chi connectivity index (χ1n) is 7.19. The normalized spacial score (nSPS) is 13.6. The number of fused-ring (bicyclic) bond motifs is 2. The Hall–Kier alpha value is -3.15. The molecule has 0 fully saturated rings. The third-order valence-corrected chi connectivity index (χ3v) is 4.32. The van der Waals surface area contributed by atoms with Gasteiger partial charge in [0.05, 0.1) is 22.6 Å². The largest absolute Gasteiger partial charge is 0.350 e. The van der Waals surface area contributed by atoms with Gasteiger partial charge in [0.15, 0.2) is 0 Å². The van der Waals surface area contributed by atoms with E-state index in [9.17, 15) is 14.9 Å². The smallest absolute Gasteiger partial charge is 0.275 e. The average Bonchev–Trinajstić information content (AvgIpc) is 3.08. The molecule has 1 aliphatic heterocycles. The summed E-state index contributed by atoms with van der Waals surface area (Å²) in [6.07, 6.45) is 1.96. The minimum Gasteiger partial charge on any atom is -0.350 e. The van der Waals surface area contributed by atoms with Gasteiger partial charge in [-0.25, -0.2) is 0 Å². The second kappa shape index (κ2) is 4.67. The summed E-state index contributed by atoms with van der Waals surface area (Å²) in [5.41, 5.74) is 2.65. The Morgan fingerprint density at radius 1 is 1.17 bits per heavy atom. The summed E-state index contributed by atoms with van der Waals surface area (Å²) < 4.78 is 1.98. The van der Waals surface area contributed by atoms with Crippen molar-refractivity contribution in [3.8, 4) is 0 Å². The summed E-state index contributed by atoms with van der Waals surface area (Å²) >= 11 is 0. The van der Waals surface area contributed by atoms with Gasteiger partial charge < -0.3 is 9.47 Å². The van der Waals surface area contributed by atoms with Crippen molar-refractivity contribution in [2.45, 2.75) is 6.54 Å². The number of nitro benzene ring substituents is 1. The van der Waals surface area contributed by atoms with Crippen LogP contribution in [0.25, 0.3) is 10.9 Å². The fourth-order valence-electron chi connectivity index (χ4n) is 3.11. The van der Waals surface area contributed by atoms with Gasteiger partial charge in [0.2, 0.25) is 0 Å². The molecule has 2 aromatic carbocycles. The third-order valence-electron chi connectivity index (χ3n) is 4.32. The van der Waals surface area contributed by atoms with E-state index in [-0.39, 0.29) is 18.1 Å². The van der Waals surface area contributed by atoms with Crippen molar-refractivity contribution in [3.63, 3.8) is 0 Å². The Balaban J connectivity index is 1.81. The molecular formula is C17H13N3O3. The standard InChI is InChI=1S/C17H13N3O3/c1-18-8-7-11-5-6-12(9-16(11)18)19-10-14-13(17(19)21)3-2-4-15(14)20(22)23/h2-9H,10H2,1H3. The second-order valence-corrected chi connectivity index (χ2v) is 5.62. The first-order chi connectivity index (χ1) is 11.1. The summed E-state index contributed by atoms with van der Waals surface area (Å²) in [5, 5.41) is 12.3. The molecule has 6 heteroatoms. The number of carbonyl (C=O) groups is 1. The minimum absolute atomic E-state index is 0.00158. The molecule has 0 N–H and O–H groups in total. The van der Waals surface area contributed by atoms with Gasteiger partial charge in [-0.1, -0.05) is 12.1 Å². The first-order valence-corrected chi connectivity index (χ1v) is 7.19. The number of aromatic nitrogens is 1. The van der Waals surface area contributed by atoms with Crippen LogP contribution in [0.2, 0.25) is 0 Å². The van der Waals surface area contributed by atoms with Crippen LogP contribution in [-0.2, 0) is 13.6 Å². The average molecular weight is 307 g/mol. The van der Waals surface area contributed by atoms with E-state index in [1.807, 2.05) is 42.1 Å². The fourth-order valence-corrected chi connectivity index (χ4v) is 3.11. The Morgan fingerprint density at radius 2 is 2.00 bits per heavy atom.